The molecule has 4 rings (SSSR count). The lowest BCUT2D eigenvalue weighted by Gasteiger charge is -2.28. The molecule has 1 saturated carbocycles. The number of sulfonamides is 1. The maximum absolute atomic E-state index is 12.5. The Balaban J connectivity index is 1.27. The van der Waals surface area contributed by atoms with Crippen LogP contribution in [0.5, 0.6) is 0 Å². The van der Waals surface area contributed by atoms with Crippen LogP contribution in [0.25, 0.3) is 10.9 Å². The van der Waals surface area contributed by atoms with E-state index in [2.05, 4.69) is 41.3 Å². The fourth-order valence-corrected chi connectivity index (χ4v) is 5.66. The smallest absolute Gasteiger partial charge is 0.240 e. The first-order valence-electron chi connectivity index (χ1n) is 11.6. The third-order valence-electron chi connectivity index (χ3n) is 6.24. The molecule has 3 aromatic rings. The molecule has 1 aliphatic carbocycles. The number of para-hydroxylation sites is 1. The van der Waals surface area contributed by atoms with Gasteiger partial charge in [-0.15, -0.1) is 0 Å². The molecule has 0 bridgehead atoms. The van der Waals surface area contributed by atoms with Gasteiger partial charge in [0.25, 0.3) is 0 Å². The van der Waals surface area contributed by atoms with Crippen LogP contribution in [0.2, 0.25) is 0 Å². The zero-order valence-corrected chi connectivity index (χ0v) is 21.4. The van der Waals surface area contributed by atoms with Crippen molar-refractivity contribution in [3.05, 3.63) is 53.0 Å². The largest absolute Gasteiger partial charge is 0.368 e. The molecular formula is C24H31BrN6O2S. The average molecular weight is 548 g/mol. The molecular weight excluding hydrogens is 516 g/mol. The van der Waals surface area contributed by atoms with Gasteiger partial charge >= 0.3 is 0 Å². The number of nitrogens with zero attached hydrogens (tertiary/aromatic N) is 2. The van der Waals surface area contributed by atoms with E-state index in [1.54, 1.807) is 24.3 Å². The van der Waals surface area contributed by atoms with E-state index in [9.17, 15) is 8.42 Å². The Morgan fingerprint density at radius 2 is 1.59 bits per heavy atom. The number of anilines is 2. The first kappa shape index (κ1) is 24.8. The van der Waals surface area contributed by atoms with E-state index in [1.807, 2.05) is 24.3 Å². The number of hydrogen-bond acceptors (Lipinski definition) is 7. The molecule has 182 valence electrons. The van der Waals surface area contributed by atoms with Gasteiger partial charge in [-0.1, -0.05) is 28.1 Å². The van der Waals surface area contributed by atoms with Crippen LogP contribution in [0.4, 0.5) is 11.8 Å². The summed E-state index contributed by atoms with van der Waals surface area (Å²) in [6, 6.07) is 14.6. The molecule has 8 nitrogen and oxygen atoms in total. The molecule has 0 saturated heterocycles. The number of rotatable bonds is 10. The average Bonchev–Trinajstić information content (AvgIpc) is 2.85. The van der Waals surface area contributed by atoms with Crippen LogP contribution >= 0.6 is 15.9 Å². The standard InChI is InChI=1S/C24H31BrN6O2S/c25-19-9-11-20(12-10-19)34(32,33)29-16-18-7-5-17(6-8-18)15-28-24-30-22-4-2-1-3-21(22)23(31-24)27-14-13-26/h1-4,9-12,17-18,29H,5-8,13-16,26H2,(H2,27,28,30,31)/t17-,18-. The Kier molecular flexibility index (Phi) is 8.36. The zero-order valence-electron chi connectivity index (χ0n) is 19.0. The lowest BCUT2D eigenvalue weighted by Crippen LogP contribution is -2.32. The summed E-state index contributed by atoms with van der Waals surface area (Å²) in [6.45, 7) is 2.45. The summed E-state index contributed by atoms with van der Waals surface area (Å²) in [5, 5.41) is 7.68. The van der Waals surface area contributed by atoms with Crippen LogP contribution in [-0.2, 0) is 10.0 Å². The SMILES string of the molecule is NCCNc1nc(NC[C@H]2CC[C@H](CNS(=O)(=O)c3ccc(Br)cc3)CC2)nc2ccccc12. The highest BCUT2D eigenvalue weighted by molar-refractivity contribution is 9.10. The molecule has 10 heteroatoms. The molecule has 1 heterocycles. The quantitative estimate of drug-likeness (QED) is 0.303. The van der Waals surface area contributed by atoms with Gasteiger partial charge < -0.3 is 16.4 Å². The number of benzene rings is 2. The van der Waals surface area contributed by atoms with Gasteiger partial charge in [-0.25, -0.2) is 18.1 Å². The summed E-state index contributed by atoms with van der Waals surface area (Å²) in [5.74, 6) is 2.27. The van der Waals surface area contributed by atoms with E-state index >= 15 is 0 Å². The zero-order chi connectivity index (χ0) is 24.0. The fraction of sp³-hybridized carbons (Fsp3) is 0.417. The second kappa shape index (κ2) is 11.4. The molecule has 5 N–H and O–H groups in total. The van der Waals surface area contributed by atoms with Gasteiger partial charge in [0.2, 0.25) is 16.0 Å². The van der Waals surface area contributed by atoms with Gasteiger partial charge in [-0.3, -0.25) is 0 Å². The normalized spacial score (nSPS) is 18.6. The minimum Gasteiger partial charge on any atom is -0.368 e. The van der Waals surface area contributed by atoms with Crippen LogP contribution in [0.3, 0.4) is 0 Å². The van der Waals surface area contributed by atoms with Crippen molar-refractivity contribution in [1.82, 2.24) is 14.7 Å². The third-order valence-corrected chi connectivity index (χ3v) is 8.21. The van der Waals surface area contributed by atoms with Crippen molar-refractivity contribution in [3.8, 4) is 0 Å². The summed E-state index contributed by atoms with van der Waals surface area (Å²) in [6.07, 6.45) is 4.08. The first-order valence-corrected chi connectivity index (χ1v) is 13.9. The van der Waals surface area contributed by atoms with Crippen LogP contribution < -0.4 is 21.1 Å². The Morgan fingerprint density at radius 3 is 2.29 bits per heavy atom. The van der Waals surface area contributed by atoms with E-state index in [4.69, 9.17) is 5.73 Å². The predicted octanol–water partition coefficient (Wildman–Crippen LogP) is 3.96. The molecule has 34 heavy (non-hydrogen) atoms. The van der Waals surface area contributed by atoms with Gasteiger partial charge in [0, 0.05) is 36.0 Å². The highest BCUT2D eigenvalue weighted by Gasteiger charge is 2.23. The molecule has 1 fully saturated rings. The Labute approximate surface area is 209 Å². The van der Waals surface area contributed by atoms with E-state index in [0.717, 1.165) is 53.4 Å². The topological polar surface area (TPSA) is 122 Å². The predicted molar refractivity (Wildman–Crippen MR) is 140 cm³/mol. The highest BCUT2D eigenvalue weighted by Crippen LogP contribution is 2.29. The van der Waals surface area contributed by atoms with Crippen molar-refractivity contribution < 1.29 is 8.42 Å². The van der Waals surface area contributed by atoms with Gasteiger partial charge in [-0.2, -0.15) is 4.98 Å². The second-order valence-corrected chi connectivity index (χ2v) is 11.4. The highest BCUT2D eigenvalue weighted by atomic mass is 79.9. The molecule has 0 aliphatic heterocycles. The molecule has 0 amide bonds. The monoisotopic (exact) mass is 546 g/mol. The van der Waals surface area contributed by atoms with Gasteiger partial charge in [-0.05, 0) is 73.9 Å². The van der Waals surface area contributed by atoms with Crippen molar-refractivity contribution in [2.75, 3.05) is 36.8 Å². The Bertz CT molecular complexity index is 1200. The molecule has 0 atom stereocenters. The van der Waals surface area contributed by atoms with Crippen LogP contribution in [0.15, 0.2) is 57.9 Å². The van der Waals surface area contributed by atoms with Gasteiger partial charge in [0.05, 0.1) is 10.4 Å². The maximum Gasteiger partial charge on any atom is 0.240 e. The van der Waals surface area contributed by atoms with Crippen LogP contribution in [-0.4, -0.2) is 44.6 Å². The van der Waals surface area contributed by atoms with Crippen molar-refractivity contribution >= 4 is 48.6 Å². The van der Waals surface area contributed by atoms with Gasteiger partial charge in [0.15, 0.2) is 0 Å². The molecule has 0 spiro atoms. The lowest BCUT2D eigenvalue weighted by molar-refractivity contribution is 0.284. The number of nitrogens with two attached hydrogens (primary N) is 1. The number of halogens is 1. The third kappa shape index (κ3) is 6.44. The van der Waals surface area contributed by atoms with E-state index in [0.29, 0.717) is 42.3 Å². The van der Waals surface area contributed by atoms with E-state index < -0.39 is 10.0 Å². The second-order valence-electron chi connectivity index (χ2n) is 8.70. The minimum atomic E-state index is -3.48. The summed E-state index contributed by atoms with van der Waals surface area (Å²) in [4.78, 5) is 9.62. The Hall–Kier alpha value is -2.27. The summed E-state index contributed by atoms with van der Waals surface area (Å²) in [7, 11) is -3.48. The van der Waals surface area contributed by atoms with Crippen LogP contribution in [0.1, 0.15) is 25.7 Å². The molecule has 2 aromatic carbocycles. The fourth-order valence-electron chi connectivity index (χ4n) is 4.28. The van der Waals surface area contributed by atoms with Crippen LogP contribution in [0, 0.1) is 11.8 Å². The number of hydrogen-bond donors (Lipinski definition) is 4. The van der Waals surface area contributed by atoms with Crippen molar-refractivity contribution in [1.29, 1.82) is 0 Å². The number of fused-ring (bicyclic) bond motifs is 1. The van der Waals surface area contributed by atoms with Crippen molar-refractivity contribution in [3.63, 3.8) is 0 Å². The maximum atomic E-state index is 12.5. The first-order chi connectivity index (χ1) is 16.4. The Morgan fingerprint density at radius 1 is 0.912 bits per heavy atom. The van der Waals surface area contributed by atoms with E-state index in [1.165, 1.54) is 0 Å². The van der Waals surface area contributed by atoms with Crippen molar-refractivity contribution in [2.45, 2.75) is 30.6 Å². The van der Waals surface area contributed by atoms with Gasteiger partial charge in [0.1, 0.15) is 5.82 Å². The summed E-state index contributed by atoms with van der Waals surface area (Å²) in [5.41, 5.74) is 6.54. The number of nitrogens with one attached hydrogen (secondary N) is 3. The molecule has 0 radical (unpaired) electrons. The van der Waals surface area contributed by atoms with E-state index in [-0.39, 0.29) is 0 Å². The summed E-state index contributed by atoms with van der Waals surface area (Å²) >= 11 is 3.33. The summed E-state index contributed by atoms with van der Waals surface area (Å²) < 4.78 is 28.7. The molecule has 1 aromatic heterocycles. The van der Waals surface area contributed by atoms with Crippen molar-refractivity contribution in [2.24, 2.45) is 17.6 Å². The lowest BCUT2D eigenvalue weighted by atomic mass is 9.82. The number of aromatic nitrogens is 2. The molecule has 1 aliphatic rings. The minimum absolute atomic E-state index is 0.296. The molecule has 0 unspecified atom stereocenters.